The highest BCUT2D eigenvalue weighted by Crippen LogP contribution is 2.40. The van der Waals surface area contributed by atoms with E-state index in [2.05, 4.69) is 6.92 Å². The number of unbranched alkanes of at least 4 members (excludes halogenated alkanes) is 5. The van der Waals surface area contributed by atoms with Crippen LogP contribution in [0.4, 0.5) is 8.78 Å². The normalized spacial score (nSPS) is 19.7. The lowest BCUT2D eigenvalue weighted by Gasteiger charge is -2.29. The molecular weight excluding hydrogens is 358 g/mol. The van der Waals surface area contributed by atoms with E-state index in [1.165, 1.54) is 25.7 Å². The Morgan fingerprint density at radius 2 is 1.57 bits per heavy atom. The average molecular weight is 397 g/mol. The zero-order chi connectivity index (χ0) is 20.2. The van der Waals surface area contributed by atoms with Crippen molar-refractivity contribution in [3.05, 3.63) is 29.3 Å². The molecule has 1 saturated carbocycles. The smallest absolute Gasteiger partial charge is 0.200 e. The summed E-state index contributed by atoms with van der Waals surface area (Å²) in [5.74, 6) is -0.561. The lowest BCUT2D eigenvalue weighted by molar-refractivity contribution is 0.190. The molecule has 0 spiro atoms. The number of benzene rings is 1. The molecule has 0 unspecified atom stereocenters. The summed E-state index contributed by atoms with van der Waals surface area (Å²) in [6, 6.07) is 3.36. The van der Waals surface area contributed by atoms with Crippen LogP contribution in [0, 0.1) is 17.6 Å². The molecule has 0 radical (unpaired) electrons. The highest BCUT2D eigenvalue weighted by Gasteiger charge is 2.26. The number of methoxy groups -OCH3 is 1. The fourth-order valence-corrected chi connectivity index (χ4v) is 4.30. The molecule has 1 aromatic carbocycles. The van der Waals surface area contributed by atoms with Gasteiger partial charge in [-0.2, -0.15) is 4.39 Å². The summed E-state index contributed by atoms with van der Waals surface area (Å²) in [4.78, 5) is 0. The van der Waals surface area contributed by atoms with E-state index in [1.54, 1.807) is 19.2 Å². The molecule has 0 heterocycles. The maximum atomic E-state index is 14.6. The van der Waals surface area contributed by atoms with E-state index in [9.17, 15) is 8.78 Å². The van der Waals surface area contributed by atoms with Crippen molar-refractivity contribution in [1.82, 2.24) is 0 Å². The molecule has 1 aromatic rings. The van der Waals surface area contributed by atoms with Gasteiger partial charge in [-0.25, -0.2) is 4.39 Å². The second-order valence-corrected chi connectivity index (χ2v) is 8.25. The van der Waals surface area contributed by atoms with E-state index in [-0.39, 0.29) is 11.7 Å². The summed E-state index contributed by atoms with van der Waals surface area (Å²) in [6.45, 7) is 3.42. The molecule has 0 aromatic heterocycles. The lowest BCUT2D eigenvalue weighted by atomic mass is 9.77. The van der Waals surface area contributed by atoms with Crippen LogP contribution < -0.4 is 4.74 Å². The third-order valence-electron chi connectivity index (χ3n) is 6.08. The quantitative estimate of drug-likeness (QED) is 0.323. The second-order valence-electron chi connectivity index (χ2n) is 8.25. The topological polar surface area (TPSA) is 18.5 Å². The van der Waals surface area contributed by atoms with Crippen LogP contribution in [-0.4, -0.2) is 20.3 Å². The Bertz CT molecular complexity index is 554. The second kappa shape index (κ2) is 13.1. The fourth-order valence-electron chi connectivity index (χ4n) is 4.30. The predicted molar refractivity (Wildman–Crippen MR) is 111 cm³/mol. The molecule has 1 aliphatic carbocycles. The molecule has 28 heavy (non-hydrogen) atoms. The fraction of sp³-hybridized carbons (Fsp3) is 0.750. The summed E-state index contributed by atoms with van der Waals surface area (Å²) in [5, 5.41) is 0. The zero-order valence-corrected chi connectivity index (χ0v) is 17.8. The van der Waals surface area contributed by atoms with Gasteiger partial charge in [0.15, 0.2) is 11.6 Å². The maximum absolute atomic E-state index is 14.6. The number of hydrogen-bond donors (Lipinski definition) is 0. The van der Waals surface area contributed by atoms with Crippen LogP contribution in [0.2, 0.25) is 0 Å². The first-order valence-corrected chi connectivity index (χ1v) is 11.3. The largest absolute Gasteiger partial charge is 0.490 e. The van der Waals surface area contributed by atoms with Gasteiger partial charge in [-0.05, 0) is 68.4 Å². The molecule has 2 rings (SSSR count). The third-order valence-corrected chi connectivity index (χ3v) is 6.08. The van der Waals surface area contributed by atoms with E-state index >= 15 is 0 Å². The van der Waals surface area contributed by atoms with Crippen LogP contribution in [0.25, 0.3) is 0 Å². The molecule has 1 aliphatic rings. The summed E-state index contributed by atoms with van der Waals surface area (Å²) >= 11 is 0. The molecule has 0 N–H and O–H groups in total. The number of halogens is 2. The summed E-state index contributed by atoms with van der Waals surface area (Å²) in [6.07, 6.45) is 13.3. The van der Waals surface area contributed by atoms with Crippen LogP contribution in [0.5, 0.6) is 5.75 Å². The van der Waals surface area contributed by atoms with E-state index in [4.69, 9.17) is 9.47 Å². The first-order chi connectivity index (χ1) is 13.7. The van der Waals surface area contributed by atoms with Gasteiger partial charge in [-0.15, -0.1) is 0 Å². The zero-order valence-electron chi connectivity index (χ0n) is 17.8. The number of ether oxygens (including phenoxy) is 2. The van der Waals surface area contributed by atoms with Crippen LogP contribution in [0.1, 0.15) is 95.5 Å². The Kier molecular flexibility index (Phi) is 10.8. The van der Waals surface area contributed by atoms with Gasteiger partial charge >= 0.3 is 0 Å². The van der Waals surface area contributed by atoms with E-state index in [0.717, 1.165) is 63.9 Å². The van der Waals surface area contributed by atoms with E-state index < -0.39 is 11.6 Å². The van der Waals surface area contributed by atoms with Crippen molar-refractivity contribution < 1.29 is 18.3 Å². The summed E-state index contributed by atoms with van der Waals surface area (Å²) in [7, 11) is 1.70. The minimum absolute atomic E-state index is 0.0476. The molecule has 0 bridgehead atoms. The predicted octanol–water partition coefficient (Wildman–Crippen LogP) is 7.40. The van der Waals surface area contributed by atoms with Crippen molar-refractivity contribution in [2.75, 3.05) is 20.3 Å². The SMILES string of the molecule is CCCCCC1CCC(c2ccc(OCCCCCCOC)c(F)c2F)CC1. The maximum Gasteiger partial charge on any atom is 0.200 e. The lowest BCUT2D eigenvalue weighted by Crippen LogP contribution is -2.15. The first kappa shape index (κ1) is 23.1. The monoisotopic (exact) mass is 396 g/mol. The minimum Gasteiger partial charge on any atom is -0.490 e. The molecule has 0 atom stereocenters. The van der Waals surface area contributed by atoms with Crippen molar-refractivity contribution >= 4 is 0 Å². The molecule has 0 aliphatic heterocycles. The Morgan fingerprint density at radius 3 is 2.25 bits per heavy atom. The molecule has 4 heteroatoms. The van der Waals surface area contributed by atoms with Crippen LogP contribution >= 0.6 is 0 Å². The Balaban J connectivity index is 1.78. The van der Waals surface area contributed by atoms with E-state index in [1.807, 2.05) is 0 Å². The standard InChI is InChI=1S/C24H38F2O2/c1-3-4-7-10-19-11-13-20(14-12-19)21-15-16-22(24(26)23(21)25)28-18-9-6-5-8-17-27-2/h15-16,19-20H,3-14,17-18H2,1-2H3. The first-order valence-electron chi connectivity index (χ1n) is 11.3. The van der Waals surface area contributed by atoms with Gasteiger partial charge in [0, 0.05) is 13.7 Å². The molecule has 0 amide bonds. The number of rotatable bonds is 13. The molecule has 1 fully saturated rings. The molecular formula is C24H38F2O2. The van der Waals surface area contributed by atoms with Crippen molar-refractivity contribution in [1.29, 1.82) is 0 Å². The Morgan fingerprint density at radius 1 is 0.857 bits per heavy atom. The van der Waals surface area contributed by atoms with Crippen molar-refractivity contribution in [2.45, 2.75) is 89.9 Å². The van der Waals surface area contributed by atoms with Crippen LogP contribution in [0.3, 0.4) is 0 Å². The van der Waals surface area contributed by atoms with Gasteiger partial charge in [0.25, 0.3) is 0 Å². The minimum atomic E-state index is -0.818. The van der Waals surface area contributed by atoms with Gasteiger partial charge in [0.1, 0.15) is 0 Å². The van der Waals surface area contributed by atoms with Crippen molar-refractivity contribution in [3.8, 4) is 5.75 Å². The summed E-state index contributed by atoms with van der Waals surface area (Å²) < 4.78 is 39.6. The van der Waals surface area contributed by atoms with Gasteiger partial charge in [-0.1, -0.05) is 45.1 Å². The molecule has 2 nitrogen and oxygen atoms in total. The van der Waals surface area contributed by atoms with Gasteiger partial charge in [0.05, 0.1) is 6.61 Å². The van der Waals surface area contributed by atoms with Crippen LogP contribution in [0.15, 0.2) is 12.1 Å². The molecule has 0 saturated heterocycles. The van der Waals surface area contributed by atoms with E-state index in [0.29, 0.717) is 12.2 Å². The van der Waals surface area contributed by atoms with Gasteiger partial charge < -0.3 is 9.47 Å². The average Bonchev–Trinajstić information content (AvgIpc) is 2.71. The number of hydrogen-bond acceptors (Lipinski definition) is 2. The third kappa shape index (κ3) is 7.35. The Hall–Kier alpha value is -1.16. The van der Waals surface area contributed by atoms with Gasteiger partial charge in [-0.3, -0.25) is 0 Å². The van der Waals surface area contributed by atoms with Crippen molar-refractivity contribution in [3.63, 3.8) is 0 Å². The molecule has 160 valence electrons. The Labute approximate surface area is 170 Å². The van der Waals surface area contributed by atoms with Gasteiger partial charge in [0.2, 0.25) is 5.82 Å². The highest BCUT2D eigenvalue weighted by molar-refractivity contribution is 5.33. The van der Waals surface area contributed by atoms with Crippen LogP contribution in [-0.2, 0) is 4.74 Å². The summed E-state index contributed by atoms with van der Waals surface area (Å²) in [5.41, 5.74) is 0.538. The van der Waals surface area contributed by atoms with Crippen molar-refractivity contribution in [2.24, 2.45) is 5.92 Å². The highest BCUT2D eigenvalue weighted by atomic mass is 19.2.